The molecule has 3 aromatic rings. The van der Waals surface area contributed by atoms with Crippen molar-refractivity contribution in [3.8, 4) is 0 Å². The largest absolute Gasteiger partial charge is 0.438 e. The highest BCUT2D eigenvalue weighted by Crippen LogP contribution is 2.34. The maximum Gasteiger partial charge on any atom is 0.438 e. The van der Waals surface area contributed by atoms with Crippen molar-refractivity contribution in [3.05, 3.63) is 72.6 Å². The molecule has 0 fully saturated rings. The fraction of sp³-hybridized carbons (Fsp3) is 0.158. The topological polar surface area (TPSA) is 105 Å². The number of nitrogens with zero attached hydrogens (tertiary/aromatic N) is 2. The molecule has 0 spiro atoms. The number of halogens is 5. The van der Waals surface area contributed by atoms with Crippen molar-refractivity contribution in [2.24, 2.45) is 0 Å². The zero-order chi connectivity index (χ0) is 24.3. The van der Waals surface area contributed by atoms with Crippen molar-refractivity contribution < 1.29 is 35.2 Å². The highest BCUT2D eigenvalue weighted by Gasteiger charge is 2.54. The molecule has 176 valence electrons. The van der Waals surface area contributed by atoms with E-state index >= 15 is 0 Å². The van der Waals surface area contributed by atoms with E-state index < -0.39 is 39.4 Å². The van der Waals surface area contributed by atoms with Gasteiger partial charge in [-0.2, -0.15) is 13.2 Å². The summed E-state index contributed by atoms with van der Waals surface area (Å²) in [5.41, 5.74) is -3.17. The first-order chi connectivity index (χ1) is 15.4. The van der Waals surface area contributed by atoms with Crippen molar-refractivity contribution in [2.75, 3.05) is 10.6 Å². The lowest BCUT2D eigenvalue weighted by Crippen LogP contribution is -2.55. The molecule has 3 N–H and O–H groups in total. The first-order valence-corrected chi connectivity index (χ1v) is 10.5. The molecule has 0 aliphatic rings. The van der Waals surface area contributed by atoms with Gasteiger partial charge in [0.25, 0.3) is 15.7 Å². The molecular formula is C19H16F5N5O3S. The van der Waals surface area contributed by atoms with Crippen LogP contribution >= 0.6 is 0 Å². The number of benzene rings is 2. The number of nitrogens with one attached hydrogen (secondary N) is 3. The van der Waals surface area contributed by atoms with Crippen LogP contribution in [0.3, 0.4) is 0 Å². The van der Waals surface area contributed by atoms with Gasteiger partial charge in [0.2, 0.25) is 0 Å². The van der Waals surface area contributed by atoms with E-state index in [1.165, 1.54) is 41.3 Å². The Bertz CT molecular complexity index is 1230. The van der Waals surface area contributed by atoms with Gasteiger partial charge < -0.3 is 10.6 Å². The van der Waals surface area contributed by atoms with E-state index in [1.54, 1.807) is 0 Å². The minimum absolute atomic E-state index is 0.0621. The second-order valence-electron chi connectivity index (χ2n) is 6.70. The standard InChI is InChI=1S/C19H16F5N5O3S/c1-18(19(22,23)24,32-29-33(30,31)13-5-3-2-4-6-13)28-17-10-16(25-11-26-17)27-12-7-8-14(20)15(21)9-12/h2-11,29H,1H3,(H2,25,26,27,28). The van der Waals surface area contributed by atoms with Crippen LogP contribution in [0.2, 0.25) is 0 Å². The van der Waals surface area contributed by atoms with Gasteiger partial charge in [0.05, 0.1) is 4.90 Å². The zero-order valence-corrected chi connectivity index (χ0v) is 17.5. The van der Waals surface area contributed by atoms with Crippen LogP contribution in [0.15, 0.2) is 65.8 Å². The van der Waals surface area contributed by atoms with E-state index in [0.717, 1.165) is 24.5 Å². The average molecular weight is 489 g/mol. The van der Waals surface area contributed by atoms with Gasteiger partial charge in [-0.1, -0.05) is 23.1 Å². The van der Waals surface area contributed by atoms with Gasteiger partial charge in [0, 0.05) is 17.8 Å². The van der Waals surface area contributed by atoms with Crippen LogP contribution in [0.4, 0.5) is 39.3 Å². The van der Waals surface area contributed by atoms with E-state index in [2.05, 4.69) is 20.1 Å². The number of sulfonamides is 1. The molecule has 14 heteroatoms. The van der Waals surface area contributed by atoms with Crippen LogP contribution < -0.4 is 15.5 Å². The average Bonchev–Trinajstić information content (AvgIpc) is 2.75. The highest BCUT2D eigenvalue weighted by atomic mass is 32.2. The first-order valence-electron chi connectivity index (χ1n) is 9.03. The third kappa shape index (κ3) is 5.91. The van der Waals surface area contributed by atoms with Crippen LogP contribution in [0.5, 0.6) is 0 Å². The molecule has 0 saturated heterocycles. The second-order valence-corrected chi connectivity index (χ2v) is 8.35. The lowest BCUT2D eigenvalue weighted by Gasteiger charge is -2.32. The lowest BCUT2D eigenvalue weighted by atomic mass is 10.2. The van der Waals surface area contributed by atoms with Gasteiger partial charge in [0.1, 0.15) is 18.0 Å². The molecule has 0 bridgehead atoms. The smallest absolute Gasteiger partial charge is 0.340 e. The van der Waals surface area contributed by atoms with Crippen LogP contribution in [0.1, 0.15) is 6.92 Å². The Hall–Kier alpha value is -3.36. The Morgan fingerprint density at radius 1 is 0.909 bits per heavy atom. The number of aromatic nitrogens is 2. The Morgan fingerprint density at radius 2 is 1.58 bits per heavy atom. The summed E-state index contributed by atoms with van der Waals surface area (Å²) < 4.78 is 92.1. The summed E-state index contributed by atoms with van der Waals surface area (Å²) in [6.07, 6.45) is -4.21. The lowest BCUT2D eigenvalue weighted by molar-refractivity contribution is -0.268. The fourth-order valence-electron chi connectivity index (χ4n) is 2.40. The molecule has 2 aromatic carbocycles. The van der Waals surface area contributed by atoms with Crippen LogP contribution in [-0.4, -0.2) is 30.3 Å². The monoisotopic (exact) mass is 489 g/mol. The first kappa shape index (κ1) is 24.3. The minimum atomic E-state index is -5.11. The van der Waals surface area contributed by atoms with Gasteiger partial charge in [-0.25, -0.2) is 32.0 Å². The van der Waals surface area contributed by atoms with Crippen LogP contribution in [0, 0.1) is 11.6 Å². The van der Waals surface area contributed by atoms with E-state index in [4.69, 9.17) is 0 Å². The molecule has 3 rings (SSSR count). The van der Waals surface area contributed by atoms with Gasteiger partial charge in [-0.3, -0.25) is 0 Å². The molecule has 0 aliphatic heterocycles. The number of rotatable bonds is 8. The third-order valence-electron chi connectivity index (χ3n) is 4.18. The highest BCUT2D eigenvalue weighted by molar-refractivity contribution is 7.89. The Balaban J connectivity index is 1.80. The SMILES string of the molecule is CC(Nc1cc(Nc2ccc(F)c(F)c2)ncn1)(ONS(=O)(=O)c1ccccc1)C(F)(F)F. The summed E-state index contributed by atoms with van der Waals surface area (Å²) in [4.78, 5) is 13.2. The molecule has 1 unspecified atom stereocenters. The Morgan fingerprint density at radius 3 is 2.21 bits per heavy atom. The predicted molar refractivity (Wildman–Crippen MR) is 108 cm³/mol. The molecule has 8 nitrogen and oxygen atoms in total. The molecular weight excluding hydrogens is 473 g/mol. The van der Waals surface area contributed by atoms with Crippen molar-refractivity contribution >= 4 is 27.3 Å². The molecule has 0 aliphatic carbocycles. The predicted octanol–water partition coefficient (Wildman–Crippen LogP) is 4.10. The summed E-state index contributed by atoms with van der Waals surface area (Å²) in [6.45, 7) is 0.547. The summed E-state index contributed by atoms with van der Waals surface area (Å²) >= 11 is 0. The number of alkyl halides is 3. The Kier molecular flexibility index (Phi) is 6.81. The minimum Gasteiger partial charge on any atom is -0.340 e. The molecule has 33 heavy (non-hydrogen) atoms. The van der Waals surface area contributed by atoms with Gasteiger partial charge in [-0.05, 0) is 31.2 Å². The van der Waals surface area contributed by atoms with Crippen molar-refractivity contribution in [1.82, 2.24) is 14.9 Å². The van der Waals surface area contributed by atoms with Crippen molar-refractivity contribution in [3.63, 3.8) is 0 Å². The molecule has 1 heterocycles. The van der Waals surface area contributed by atoms with Crippen LogP contribution in [-0.2, 0) is 14.9 Å². The summed E-state index contributed by atoms with van der Waals surface area (Å²) in [5, 5.41) is 4.55. The van der Waals surface area contributed by atoms with Crippen molar-refractivity contribution in [1.29, 1.82) is 0 Å². The van der Waals surface area contributed by atoms with Crippen LogP contribution in [0.25, 0.3) is 0 Å². The van der Waals surface area contributed by atoms with E-state index in [-0.39, 0.29) is 16.4 Å². The van der Waals surface area contributed by atoms with Gasteiger partial charge >= 0.3 is 6.18 Å². The van der Waals surface area contributed by atoms with E-state index in [1.807, 2.05) is 5.32 Å². The second kappa shape index (κ2) is 9.25. The molecule has 1 aromatic heterocycles. The Labute approximate surface area is 184 Å². The van der Waals surface area contributed by atoms with Gasteiger partial charge in [-0.15, -0.1) is 0 Å². The van der Waals surface area contributed by atoms with Crippen molar-refractivity contribution in [2.45, 2.75) is 23.7 Å². The molecule has 0 saturated carbocycles. The summed E-state index contributed by atoms with van der Waals surface area (Å²) in [7, 11) is -4.43. The zero-order valence-electron chi connectivity index (χ0n) is 16.7. The fourth-order valence-corrected chi connectivity index (χ4v) is 3.29. The molecule has 1 atom stereocenters. The number of anilines is 3. The number of hydrogen-bond donors (Lipinski definition) is 3. The molecule has 0 amide bonds. The normalized spacial score (nSPS) is 13.9. The maximum absolute atomic E-state index is 13.7. The quantitative estimate of drug-likeness (QED) is 0.249. The van der Waals surface area contributed by atoms with E-state index in [9.17, 15) is 30.4 Å². The summed E-state index contributed by atoms with van der Waals surface area (Å²) in [5.74, 6) is -2.69. The maximum atomic E-state index is 13.7. The number of hydrogen-bond acceptors (Lipinski definition) is 7. The third-order valence-corrected chi connectivity index (χ3v) is 5.37. The van der Waals surface area contributed by atoms with Gasteiger partial charge in [0.15, 0.2) is 11.6 Å². The summed E-state index contributed by atoms with van der Waals surface area (Å²) in [6, 6.07) is 10.5. The van der Waals surface area contributed by atoms with E-state index in [0.29, 0.717) is 6.92 Å². The molecule has 0 radical (unpaired) electrons.